The predicted octanol–water partition coefficient (Wildman–Crippen LogP) is 3.53. The molecule has 0 saturated heterocycles. The minimum Gasteiger partial charge on any atom is -0.377 e. The summed E-state index contributed by atoms with van der Waals surface area (Å²) in [5.74, 6) is 0.674. The summed E-state index contributed by atoms with van der Waals surface area (Å²) >= 11 is 3.71. The van der Waals surface area contributed by atoms with Crippen LogP contribution in [-0.2, 0) is 4.74 Å². The monoisotopic (exact) mass is 246 g/mol. The van der Waals surface area contributed by atoms with Gasteiger partial charge in [-0.05, 0) is 39.0 Å². The van der Waals surface area contributed by atoms with Crippen LogP contribution in [0.3, 0.4) is 0 Å². The molecule has 13 heavy (non-hydrogen) atoms. The highest BCUT2D eigenvalue weighted by molar-refractivity contribution is 9.09. The van der Waals surface area contributed by atoms with E-state index in [9.17, 15) is 0 Å². The Balaban J connectivity index is 2.61. The molecule has 0 aromatic carbocycles. The molecule has 3 unspecified atom stereocenters. The molecular formula is C11H19BrO. The van der Waals surface area contributed by atoms with Crippen molar-refractivity contribution >= 4 is 15.9 Å². The summed E-state index contributed by atoms with van der Waals surface area (Å²) in [6.45, 7) is 8.33. The summed E-state index contributed by atoms with van der Waals surface area (Å²) < 4.78 is 5.54. The van der Waals surface area contributed by atoms with Crippen molar-refractivity contribution in [1.82, 2.24) is 0 Å². The van der Waals surface area contributed by atoms with Crippen LogP contribution in [0.25, 0.3) is 0 Å². The molecule has 0 bridgehead atoms. The molecule has 0 heterocycles. The fourth-order valence-electron chi connectivity index (χ4n) is 1.91. The molecule has 0 aromatic heterocycles. The minimum atomic E-state index is 0.0198. The van der Waals surface area contributed by atoms with E-state index in [1.165, 1.54) is 12.0 Å². The van der Waals surface area contributed by atoms with Crippen LogP contribution in [-0.4, -0.2) is 17.5 Å². The molecule has 0 N–H and O–H groups in total. The SMILES string of the molecule is C=C(C)C1CCC(C)(OC)C(Br)C1. The third-order valence-electron chi connectivity index (χ3n) is 3.31. The van der Waals surface area contributed by atoms with E-state index in [1.807, 2.05) is 0 Å². The number of hydrogen-bond acceptors (Lipinski definition) is 1. The molecule has 1 aliphatic rings. The van der Waals surface area contributed by atoms with Crippen LogP contribution in [0, 0.1) is 5.92 Å². The van der Waals surface area contributed by atoms with Crippen LogP contribution in [0.1, 0.15) is 33.1 Å². The van der Waals surface area contributed by atoms with Gasteiger partial charge in [0.25, 0.3) is 0 Å². The first kappa shape index (κ1) is 11.3. The van der Waals surface area contributed by atoms with Crippen LogP contribution >= 0.6 is 15.9 Å². The van der Waals surface area contributed by atoms with E-state index < -0.39 is 0 Å². The Bertz CT molecular complexity index is 202. The lowest BCUT2D eigenvalue weighted by Crippen LogP contribution is -2.42. The highest BCUT2D eigenvalue weighted by atomic mass is 79.9. The maximum atomic E-state index is 5.54. The molecule has 1 nitrogen and oxygen atoms in total. The van der Waals surface area contributed by atoms with E-state index in [-0.39, 0.29) is 5.60 Å². The first-order chi connectivity index (χ1) is 5.99. The van der Waals surface area contributed by atoms with Crippen LogP contribution in [0.5, 0.6) is 0 Å². The predicted molar refractivity (Wildman–Crippen MR) is 60.3 cm³/mol. The molecule has 0 spiro atoms. The number of hydrogen-bond donors (Lipinski definition) is 0. The van der Waals surface area contributed by atoms with Gasteiger partial charge in [0, 0.05) is 11.9 Å². The van der Waals surface area contributed by atoms with Gasteiger partial charge in [-0.25, -0.2) is 0 Å². The molecule has 3 atom stereocenters. The molecule has 0 aliphatic heterocycles. The van der Waals surface area contributed by atoms with Gasteiger partial charge in [0.2, 0.25) is 0 Å². The Kier molecular flexibility index (Phi) is 3.58. The normalized spacial score (nSPS) is 40.3. The fourth-order valence-corrected chi connectivity index (χ4v) is 2.78. The van der Waals surface area contributed by atoms with Crippen LogP contribution in [0.4, 0.5) is 0 Å². The third-order valence-corrected chi connectivity index (χ3v) is 4.65. The number of ether oxygens (including phenoxy) is 1. The molecule has 76 valence electrons. The fraction of sp³-hybridized carbons (Fsp3) is 0.818. The Labute approximate surface area is 89.7 Å². The van der Waals surface area contributed by atoms with Gasteiger partial charge in [-0.3, -0.25) is 0 Å². The average Bonchev–Trinajstić information content (AvgIpc) is 2.09. The van der Waals surface area contributed by atoms with Crippen molar-refractivity contribution in [2.24, 2.45) is 5.92 Å². The highest BCUT2D eigenvalue weighted by Gasteiger charge is 2.38. The first-order valence-electron chi connectivity index (χ1n) is 4.84. The zero-order valence-electron chi connectivity index (χ0n) is 8.77. The molecule has 0 radical (unpaired) electrons. The largest absolute Gasteiger partial charge is 0.377 e. The lowest BCUT2D eigenvalue weighted by atomic mass is 9.77. The minimum absolute atomic E-state index is 0.0198. The highest BCUT2D eigenvalue weighted by Crippen LogP contribution is 2.40. The zero-order chi connectivity index (χ0) is 10.1. The summed E-state index contributed by atoms with van der Waals surface area (Å²) in [7, 11) is 1.80. The molecule has 0 amide bonds. The van der Waals surface area contributed by atoms with Crippen molar-refractivity contribution in [3.63, 3.8) is 0 Å². The van der Waals surface area contributed by atoms with E-state index >= 15 is 0 Å². The van der Waals surface area contributed by atoms with Crippen molar-refractivity contribution < 1.29 is 4.74 Å². The van der Waals surface area contributed by atoms with Gasteiger partial charge in [-0.1, -0.05) is 28.1 Å². The molecule has 1 aliphatic carbocycles. The summed E-state index contributed by atoms with van der Waals surface area (Å²) in [6, 6.07) is 0. The number of halogens is 1. The number of alkyl halides is 1. The molecule has 1 rings (SSSR count). The molecular weight excluding hydrogens is 228 g/mol. The van der Waals surface area contributed by atoms with Gasteiger partial charge >= 0.3 is 0 Å². The summed E-state index contributed by atoms with van der Waals surface area (Å²) in [5, 5.41) is 0. The number of rotatable bonds is 2. The van der Waals surface area contributed by atoms with Crippen LogP contribution < -0.4 is 0 Å². The Morgan fingerprint density at radius 2 is 2.23 bits per heavy atom. The van der Waals surface area contributed by atoms with E-state index in [4.69, 9.17) is 4.74 Å². The average molecular weight is 247 g/mol. The van der Waals surface area contributed by atoms with E-state index in [0.717, 1.165) is 12.8 Å². The topological polar surface area (TPSA) is 9.23 Å². The van der Waals surface area contributed by atoms with Gasteiger partial charge in [0.05, 0.1) is 5.60 Å². The zero-order valence-corrected chi connectivity index (χ0v) is 10.4. The van der Waals surface area contributed by atoms with Crippen molar-refractivity contribution in [3.8, 4) is 0 Å². The molecule has 0 aromatic rings. The molecule has 1 fully saturated rings. The van der Waals surface area contributed by atoms with E-state index in [0.29, 0.717) is 10.7 Å². The maximum Gasteiger partial charge on any atom is 0.0775 e. The van der Waals surface area contributed by atoms with Gasteiger partial charge in [0.15, 0.2) is 0 Å². The van der Waals surface area contributed by atoms with Crippen molar-refractivity contribution in [2.75, 3.05) is 7.11 Å². The molecule has 2 heteroatoms. The van der Waals surface area contributed by atoms with Crippen molar-refractivity contribution in [3.05, 3.63) is 12.2 Å². The second-order valence-corrected chi connectivity index (χ2v) is 5.41. The lowest BCUT2D eigenvalue weighted by molar-refractivity contribution is -0.0229. The summed E-state index contributed by atoms with van der Waals surface area (Å²) in [5.41, 5.74) is 1.33. The third kappa shape index (κ3) is 2.35. The Hall–Kier alpha value is 0.180. The second-order valence-electron chi connectivity index (χ2n) is 4.30. The van der Waals surface area contributed by atoms with Crippen molar-refractivity contribution in [1.29, 1.82) is 0 Å². The number of methoxy groups -OCH3 is 1. The van der Waals surface area contributed by atoms with E-state index in [1.54, 1.807) is 7.11 Å². The lowest BCUT2D eigenvalue weighted by Gasteiger charge is -2.40. The maximum absolute atomic E-state index is 5.54. The first-order valence-corrected chi connectivity index (χ1v) is 5.76. The van der Waals surface area contributed by atoms with Gasteiger partial charge in [0.1, 0.15) is 0 Å². The van der Waals surface area contributed by atoms with Crippen LogP contribution in [0.15, 0.2) is 12.2 Å². The van der Waals surface area contributed by atoms with Crippen molar-refractivity contribution in [2.45, 2.75) is 43.5 Å². The summed E-state index contributed by atoms with van der Waals surface area (Å²) in [6.07, 6.45) is 3.48. The smallest absolute Gasteiger partial charge is 0.0775 e. The number of allylic oxidation sites excluding steroid dienone is 1. The Morgan fingerprint density at radius 1 is 1.62 bits per heavy atom. The summed E-state index contributed by atoms with van der Waals surface area (Å²) in [4.78, 5) is 0.459. The second kappa shape index (κ2) is 4.14. The standard InChI is InChI=1S/C11H19BrO/c1-8(2)9-5-6-11(3,13-4)10(12)7-9/h9-10H,1,5-7H2,2-4H3. The van der Waals surface area contributed by atoms with Gasteiger partial charge in [-0.15, -0.1) is 0 Å². The van der Waals surface area contributed by atoms with Gasteiger partial charge < -0.3 is 4.74 Å². The quantitative estimate of drug-likeness (QED) is 0.535. The van der Waals surface area contributed by atoms with Gasteiger partial charge in [-0.2, -0.15) is 0 Å². The molecule has 1 saturated carbocycles. The van der Waals surface area contributed by atoms with Crippen LogP contribution in [0.2, 0.25) is 0 Å². The van der Waals surface area contributed by atoms with E-state index in [2.05, 4.69) is 36.4 Å². The Morgan fingerprint density at radius 3 is 2.62 bits per heavy atom.